The third kappa shape index (κ3) is 2.58. The minimum Gasteiger partial charge on any atom is -0.342 e. The van der Waals surface area contributed by atoms with Crippen LogP contribution in [0.2, 0.25) is 0 Å². The van der Waals surface area contributed by atoms with Crippen LogP contribution in [-0.4, -0.2) is 15.5 Å². The monoisotopic (exact) mass is 307 g/mol. The van der Waals surface area contributed by atoms with E-state index in [4.69, 9.17) is 0 Å². The predicted molar refractivity (Wildman–Crippen MR) is 88.5 cm³/mol. The molecule has 0 saturated heterocycles. The van der Waals surface area contributed by atoms with Crippen molar-refractivity contribution in [3.63, 3.8) is 0 Å². The maximum atomic E-state index is 12.8. The van der Waals surface area contributed by atoms with Crippen molar-refractivity contribution in [3.8, 4) is 0 Å². The maximum absolute atomic E-state index is 12.8. The summed E-state index contributed by atoms with van der Waals surface area (Å²) in [5.74, 6) is 2.13. The molecule has 1 saturated carbocycles. The number of amides is 1. The van der Waals surface area contributed by atoms with Crippen LogP contribution in [-0.2, 0) is 11.8 Å². The summed E-state index contributed by atoms with van der Waals surface area (Å²) in [6, 6.07) is 9.87. The lowest BCUT2D eigenvalue weighted by atomic mass is 9.92. The van der Waals surface area contributed by atoms with Crippen LogP contribution in [0.25, 0.3) is 0 Å². The van der Waals surface area contributed by atoms with Gasteiger partial charge in [0, 0.05) is 25.4 Å². The van der Waals surface area contributed by atoms with Crippen LogP contribution in [0.5, 0.6) is 0 Å². The number of aromatic nitrogens is 2. The van der Waals surface area contributed by atoms with E-state index in [9.17, 15) is 4.79 Å². The van der Waals surface area contributed by atoms with Gasteiger partial charge in [0.2, 0.25) is 5.91 Å². The summed E-state index contributed by atoms with van der Waals surface area (Å²) in [5, 5.41) is 3.25. The number of nitrogens with one attached hydrogen (secondary N) is 1. The Kier molecular flexibility index (Phi) is 3.52. The van der Waals surface area contributed by atoms with Gasteiger partial charge in [-0.1, -0.05) is 42.5 Å². The van der Waals surface area contributed by atoms with E-state index < -0.39 is 0 Å². The number of hydrogen-bond donors (Lipinski definition) is 1. The topological polar surface area (TPSA) is 46.9 Å². The molecule has 1 amide bonds. The normalized spacial score (nSPS) is 26.4. The lowest BCUT2D eigenvalue weighted by molar-refractivity contribution is -0.126. The first-order valence-corrected chi connectivity index (χ1v) is 8.23. The molecule has 4 atom stereocenters. The van der Waals surface area contributed by atoms with Gasteiger partial charge in [-0.15, -0.1) is 0 Å². The molecule has 0 spiro atoms. The fraction of sp³-hybridized carbons (Fsp3) is 0.368. The second kappa shape index (κ2) is 5.69. The summed E-state index contributed by atoms with van der Waals surface area (Å²) in [4.78, 5) is 17.3. The van der Waals surface area contributed by atoms with Crippen molar-refractivity contribution in [3.05, 3.63) is 66.3 Å². The molecule has 4 rings (SSSR count). The number of hydrogen-bond acceptors (Lipinski definition) is 2. The van der Waals surface area contributed by atoms with Crippen LogP contribution in [0.1, 0.15) is 30.3 Å². The van der Waals surface area contributed by atoms with E-state index in [2.05, 4.69) is 22.5 Å². The Morgan fingerprint density at radius 3 is 2.70 bits per heavy atom. The number of benzene rings is 1. The number of allylic oxidation sites excluding steroid dienone is 2. The van der Waals surface area contributed by atoms with E-state index in [0.717, 1.165) is 24.2 Å². The van der Waals surface area contributed by atoms with Gasteiger partial charge in [0.15, 0.2) is 0 Å². The molecule has 4 nitrogen and oxygen atoms in total. The highest BCUT2D eigenvalue weighted by Crippen LogP contribution is 2.43. The van der Waals surface area contributed by atoms with E-state index >= 15 is 0 Å². The quantitative estimate of drug-likeness (QED) is 0.883. The predicted octanol–water partition coefficient (Wildman–Crippen LogP) is 2.84. The Hall–Kier alpha value is -2.36. The number of fused-ring (bicyclic) bond motifs is 2. The third-order valence-electron chi connectivity index (χ3n) is 5.15. The van der Waals surface area contributed by atoms with Crippen molar-refractivity contribution in [2.24, 2.45) is 24.8 Å². The van der Waals surface area contributed by atoms with Crippen molar-refractivity contribution < 1.29 is 4.79 Å². The van der Waals surface area contributed by atoms with E-state index in [1.165, 1.54) is 0 Å². The molecule has 2 aliphatic rings. The summed E-state index contributed by atoms with van der Waals surface area (Å²) in [6.45, 7) is 0. The average molecular weight is 307 g/mol. The van der Waals surface area contributed by atoms with Gasteiger partial charge in [0.05, 0.1) is 0 Å². The highest BCUT2D eigenvalue weighted by Gasteiger charge is 2.40. The zero-order chi connectivity index (χ0) is 15.8. The number of nitrogens with zero attached hydrogens (tertiary/aromatic N) is 2. The molecule has 2 aromatic rings. The molecule has 118 valence electrons. The Labute approximate surface area is 136 Å². The van der Waals surface area contributed by atoms with Gasteiger partial charge in [0.1, 0.15) is 11.9 Å². The van der Waals surface area contributed by atoms with Gasteiger partial charge >= 0.3 is 0 Å². The molecule has 23 heavy (non-hydrogen) atoms. The molecular weight excluding hydrogens is 286 g/mol. The summed E-state index contributed by atoms with van der Waals surface area (Å²) < 4.78 is 1.97. The van der Waals surface area contributed by atoms with Gasteiger partial charge < -0.3 is 9.88 Å². The molecular formula is C19H21N3O. The second-order valence-corrected chi connectivity index (χ2v) is 6.64. The van der Waals surface area contributed by atoms with E-state index in [0.29, 0.717) is 11.8 Å². The summed E-state index contributed by atoms with van der Waals surface area (Å²) in [5.41, 5.74) is 1.06. The van der Waals surface area contributed by atoms with E-state index in [-0.39, 0.29) is 17.9 Å². The van der Waals surface area contributed by atoms with Crippen LogP contribution >= 0.6 is 0 Å². The highest BCUT2D eigenvalue weighted by atomic mass is 16.2. The molecule has 1 heterocycles. The van der Waals surface area contributed by atoms with Crippen molar-refractivity contribution in [2.75, 3.05) is 0 Å². The lowest BCUT2D eigenvalue weighted by Gasteiger charge is -2.23. The second-order valence-electron chi connectivity index (χ2n) is 6.64. The van der Waals surface area contributed by atoms with Crippen LogP contribution in [0, 0.1) is 17.8 Å². The van der Waals surface area contributed by atoms with Crippen LogP contribution in [0.4, 0.5) is 0 Å². The van der Waals surface area contributed by atoms with Crippen LogP contribution in [0.15, 0.2) is 54.9 Å². The molecule has 0 radical (unpaired) electrons. The van der Waals surface area contributed by atoms with Crippen molar-refractivity contribution in [1.82, 2.24) is 14.9 Å². The van der Waals surface area contributed by atoms with Gasteiger partial charge in [-0.2, -0.15) is 0 Å². The molecule has 2 aliphatic carbocycles. The first-order valence-electron chi connectivity index (χ1n) is 8.23. The molecule has 4 unspecified atom stereocenters. The van der Waals surface area contributed by atoms with Gasteiger partial charge in [-0.25, -0.2) is 4.98 Å². The van der Waals surface area contributed by atoms with Crippen molar-refractivity contribution >= 4 is 5.91 Å². The molecule has 0 aliphatic heterocycles. The first kappa shape index (κ1) is 14.2. The highest BCUT2D eigenvalue weighted by molar-refractivity contribution is 5.80. The number of carbonyl (C=O) groups is 1. The third-order valence-corrected chi connectivity index (χ3v) is 5.15. The molecule has 2 bridgehead atoms. The maximum Gasteiger partial charge on any atom is 0.224 e. The SMILES string of the molecule is Cn1ccnc1C(NC(=O)C1CC2C=CC1C2)c1ccccc1. The minimum atomic E-state index is -0.202. The van der Waals surface area contributed by atoms with Crippen molar-refractivity contribution in [2.45, 2.75) is 18.9 Å². The largest absolute Gasteiger partial charge is 0.342 e. The lowest BCUT2D eigenvalue weighted by Crippen LogP contribution is -2.37. The standard InChI is InChI=1S/C19H21N3O/c1-22-10-9-20-18(22)17(14-5-3-2-4-6-14)21-19(23)16-12-13-7-8-15(16)11-13/h2-10,13,15-17H,11-12H2,1H3,(H,21,23). The zero-order valence-corrected chi connectivity index (χ0v) is 13.2. The van der Waals surface area contributed by atoms with Crippen LogP contribution in [0.3, 0.4) is 0 Å². The molecule has 1 aromatic heterocycles. The summed E-state index contributed by atoms with van der Waals surface area (Å²) >= 11 is 0. The zero-order valence-electron chi connectivity index (χ0n) is 13.2. The minimum absolute atomic E-state index is 0.108. The molecule has 4 heteroatoms. The number of rotatable bonds is 4. The van der Waals surface area contributed by atoms with E-state index in [1.54, 1.807) is 6.20 Å². The Balaban J connectivity index is 1.60. The van der Waals surface area contributed by atoms with Gasteiger partial charge in [-0.05, 0) is 30.2 Å². The summed E-state index contributed by atoms with van der Waals surface area (Å²) in [7, 11) is 1.96. The number of aryl methyl sites for hydroxylation is 1. The van der Waals surface area contributed by atoms with Crippen molar-refractivity contribution in [1.29, 1.82) is 0 Å². The summed E-state index contributed by atoms with van der Waals surface area (Å²) in [6.07, 6.45) is 10.3. The molecule has 1 fully saturated rings. The fourth-order valence-corrected chi connectivity index (χ4v) is 3.93. The average Bonchev–Trinajstić information content (AvgIpc) is 3.30. The Bertz CT molecular complexity index is 734. The first-order chi connectivity index (χ1) is 11.2. The molecule has 1 aromatic carbocycles. The number of imidazole rings is 1. The van der Waals surface area contributed by atoms with Gasteiger partial charge in [0.25, 0.3) is 0 Å². The Morgan fingerprint density at radius 2 is 2.09 bits per heavy atom. The van der Waals surface area contributed by atoms with Gasteiger partial charge in [-0.3, -0.25) is 4.79 Å². The van der Waals surface area contributed by atoms with E-state index in [1.807, 2.05) is 48.1 Å². The van der Waals surface area contributed by atoms with Crippen LogP contribution < -0.4 is 5.32 Å². The Morgan fingerprint density at radius 1 is 1.26 bits per heavy atom. The smallest absolute Gasteiger partial charge is 0.224 e. The fourth-order valence-electron chi connectivity index (χ4n) is 3.93. The number of carbonyl (C=O) groups excluding carboxylic acids is 1. The molecule has 1 N–H and O–H groups in total.